The van der Waals surface area contributed by atoms with Crippen LogP contribution in [0.3, 0.4) is 0 Å². The zero-order valence-corrected chi connectivity index (χ0v) is 15.4. The highest BCUT2D eigenvalue weighted by Gasteiger charge is 2.47. The SMILES string of the molecule is CC(=O)N1Cc2ccccc2C2(CCN([C@@H]3C[C@@H]4CC[C@H]3C4)CC2)C1. The molecule has 5 rings (SSSR count). The average molecular weight is 338 g/mol. The molecule has 3 fully saturated rings. The van der Waals surface area contributed by atoms with Gasteiger partial charge in [0, 0.05) is 31.5 Å². The van der Waals surface area contributed by atoms with Crippen LogP contribution in [0.25, 0.3) is 0 Å². The Morgan fingerprint density at radius 1 is 1.12 bits per heavy atom. The van der Waals surface area contributed by atoms with Crippen LogP contribution in [-0.2, 0) is 16.8 Å². The first-order valence-corrected chi connectivity index (χ1v) is 10.2. The molecule has 134 valence electrons. The molecule has 1 saturated heterocycles. The zero-order valence-electron chi connectivity index (χ0n) is 15.4. The predicted molar refractivity (Wildman–Crippen MR) is 99.3 cm³/mol. The first-order valence-electron chi connectivity index (χ1n) is 10.2. The van der Waals surface area contributed by atoms with Crippen LogP contribution in [0.1, 0.15) is 56.6 Å². The van der Waals surface area contributed by atoms with Crippen molar-refractivity contribution in [3.05, 3.63) is 35.4 Å². The van der Waals surface area contributed by atoms with Crippen LogP contribution in [0, 0.1) is 11.8 Å². The highest BCUT2D eigenvalue weighted by atomic mass is 16.2. The van der Waals surface area contributed by atoms with E-state index in [1.54, 1.807) is 6.92 Å². The smallest absolute Gasteiger partial charge is 0.219 e. The number of hydrogen-bond acceptors (Lipinski definition) is 2. The lowest BCUT2D eigenvalue weighted by atomic mass is 9.68. The molecule has 1 aromatic rings. The third kappa shape index (κ3) is 2.54. The maximum absolute atomic E-state index is 12.1. The van der Waals surface area contributed by atoms with E-state index in [9.17, 15) is 4.79 Å². The number of fused-ring (bicyclic) bond motifs is 4. The summed E-state index contributed by atoms with van der Waals surface area (Å²) in [6, 6.07) is 9.74. The molecular formula is C22H30N2O. The normalized spacial score (nSPS) is 33.6. The lowest BCUT2D eigenvalue weighted by molar-refractivity contribution is -0.131. The van der Waals surface area contributed by atoms with Gasteiger partial charge in [0.25, 0.3) is 0 Å². The Hall–Kier alpha value is -1.35. The Balaban J connectivity index is 1.38. The van der Waals surface area contributed by atoms with Crippen LogP contribution >= 0.6 is 0 Å². The second-order valence-corrected chi connectivity index (χ2v) is 9.09. The molecule has 2 aliphatic carbocycles. The summed E-state index contributed by atoms with van der Waals surface area (Å²) in [5.41, 5.74) is 3.09. The third-order valence-electron chi connectivity index (χ3n) is 7.81. The van der Waals surface area contributed by atoms with Gasteiger partial charge in [-0.1, -0.05) is 30.7 Å². The summed E-state index contributed by atoms with van der Waals surface area (Å²) in [4.78, 5) is 17.0. The Morgan fingerprint density at radius 2 is 1.92 bits per heavy atom. The molecule has 4 aliphatic rings. The van der Waals surface area contributed by atoms with Crippen LogP contribution in [0.4, 0.5) is 0 Å². The minimum absolute atomic E-state index is 0.189. The fourth-order valence-corrected chi connectivity index (χ4v) is 6.48. The van der Waals surface area contributed by atoms with Gasteiger partial charge in [-0.3, -0.25) is 4.79 Å². The molecule has 25 heavy (non-hydrogen) atoms. The van der Waals surface area contributed by atoms with E-state index in [2.05, 4.69) is 34.1 Å². The van der Waals surface area contributed by atoms with Crippen molar-refractivity contribution in [3.63, 3.8) is 0 Å². The van der Waals surface area contributed by atoms with Crippen molar-refractivity contribution in [1.29, 1.82) is 0 Å². The number of piperidine rings is 1. The second kappa shape index (κ2) is 5.84. The van der Waals surface area contributed by atoms with Gasteiger partial charge in [-0.25, -0.2) is 0 Å². The van der Waals surface area contributed by atoms with Crippen LogP contribution in [0.15, 0.2) is 24.3 Å². The number of rotatable bonds is 1. The Kier molecular flexibility index (Phi) is 3.70. The maximum atomic E-state index is 12.1. The first-order chi connectivity index (χ1) is 12.1. The molecule has 2 bridgehead atoms. The van der Waals surface area contributed by atoms with E-state index in [0.29, 0.717) is 0 Å². The Morgan fingerprint density at radius 3 is 2.60 bits per heavy atom. The molecule has 3 heteroatoms. The summed E-state index contributed by atoms with van der Waals surface area (Å²) >= 11 is 0. The summed E-state index contributed by atoms with van der Waals surface area (Å²) in [7, 11) is 0. The maximum Gasteiger partial charge on any atom is 0.219 e. The molecule has 0 radical (unpaired) electrons. The van der Waals surface area contributed by atoms with Crippen molar-refractivity contribution in [3.8, 4) is 0 Å². The molecule has 2 saturated carbocycles. The van der Waals surface area contributed by atoms with Crippen molar-refractivity contribution in [2.24, 2.45) is 11.8 Å². The van der Waals surface area contributed by atoms with Gasteiger partial charge in [-0.05, 0) is 68.2 Å². The monoisotopic (exact) mass is 338 g/mol. The van der Waals surface area contributed by atoms with Gasteiger partial charge in [-0.15, -0.1) is 0 Å². The number of benzene rings is 1. The number of amides is 1. The number of carbonyl (C=O) groups is 1. The van der Waals surface area contributed by atoms with E-state index in [1.807, 2.05) is 0 Å². The minimum atomic E-state index is 0.189. The largest absolute Gasteiger partial charge is 0.338 e. The van der Waals surface area contributed by atoms with Crippen LogP contribution in [0.2, 0.25) is 0 Å². The fraction of sp³-hybridized carbons (Fsp3) is 0.682. The number of likely N-dealkylation sites (tertiary alicyclic amines) is 1. The van der Waals surface area contributed by atoms with Gasteiger partial charge >= 0.3 is 0 Å². The second-order valence-electron chi connectivity index (χ2n) is 9.09. The van der Waals surface area contributed by atoms with Crippen molar-refractivity contribution >= 4 is 5.91 Å². The summed E-state index contributed by atoms with van der Waals surface area (Å²) in [5.74, 6) is 2.23. The lowest BCUT2D eigenvalue weighted by Gasteiger charge is -2.50. The number of carbonyl (C=O) groups excluding carboxylic acids is 1. The lowest BCUT2D eigenvalue weighted by Crippen LogP contribution is -2.55. The first kappa shape index (κ1) is 15.9. The summed E-state index contributed by atoms with van der Waals surface area (Å²) < 4.78 is 0. The molecule has 1 aromatic carbocycles. The van der Waals surface area contributed by atoms with Gasteiger partial charge in [0.1, 0.15) is 0 Å². The number of nitrogens with zero attached hydrogens (tertiary/aromatic N) is 2. The topological polar surface area (TPSA) is 23.6 Å². The fourth-order valence-electron chi connectivity index (χ4n) is 6.48. The summed E-state index contributed by atoms with van der Waals surface area (Å²) in [6.07, 6.45) is 8.32. The molecule has 2 aliphatic heterocycles. The standard InChI is InChI=1S/C22H30N2O/c1-16(25)24-14-19-4-2-3-5-20(19)22(15-24)8-10-23(11-9-22)21-13-17-6-7-18(21)12-17/h2-5,17-18,21H,6-15H2,1H3/t17-,18+,21-/m1/s1. The quantitative estimate of drug-likeness (QED) is 0.781. The molecular weight excluding hydrogens is 308 g/mol. The molecule has 0 N–H and O–H groups in total. The average Bonchev–Trinajstić information content (AvgIpc) is 3.26. The molecule has 1 amide bonds. The van der Waals surface area contributed by atoms with E-state index in [-0.39, 0.29) is 11.3 Å². The van der Waals surface area contributed by atoms with E-state index in [4.69, 9.17) is 0 Å². The zero-order chi connectivity index (χ0) is 17.0. The van der Waals surface area contributed by atoms with Gasteiger partial charge in [0.2, 0.25) is 5.91 Å². The van der Waals surface area contributed by atoms with Gasteiger partial charge in [0.15, 0.2) is 0 Å². The van der Waals surface area contributed by atoms with Gasteiger partial charge in [0.05, 0.1) is 0 Å². The van der Waals surface area contributed by atoms with Crippen LogP contribution in [-0.4, -0.2) is 41.4 Å². The van der Waals surface area contributed by atoms with Crippen LogP contribution < -0.4 is 0 Å². The molecule has 3 nitrogen and oxygen atoms in total. The Labute approximate surface area is 151 Å². The van der Waals surface area contributed by atoms with E-state index >= 15 is 0 Å². The molecule has 0 aromatic heterocycles. The molecule has 3 atom stereocenters. The van der Waals surface area contributed by atoms with Crippen molar-refractivity contribution in [2.45, 2.75) is 63.5 Å². The summed E-state index contributed by atoms with van der Waals surface area (Å²) in [6.45, 7) is 5.88. The highest BCUT2D eigenvalue weighted by molar-refractivity contribution is 5.74. The predicted octanol–water partition coefficient (Wildman–Crippen LogP) is 3.57. The van der Waals surface area contributed by atoms with Crippen molar-refractivity contribution in [1.82, 2.24) is 9.80 Å². The number of hydrogen-bond donors (Lipinski definition) is 0. The van der Waals surface area contributed by atoms with E-state index in [0.717, 1.165) is 31.0 Å². The summed E-state index contributed by atoms with van der Waals surface area (Å²) in [5, 5.41) is 0. The Bertz CT molecular complexity index is 676. The van der Waals surface area contributed by atoms with Crippen molar-refractivity contribution in [2.75, 3.05) is 19.6 Å². The molecule has 0 unspecified atom stereocenters. The van der Waals surface area contributed by atoms with E-state index < -0.39 is 0 Å². The van der Waals surface area contributed by atoms with E-state index in [1.165, 1.54) is 62.7 Å². The van der Waals surface area contributed by atoms with Gasteiger partial charge < -0.3 is 9.80 Å². The van der Waals surface area contributed by atoms with Crippen LogP contribution in [0.5, 0.6) is 0 Å². The highest BCUT2D eigenvalue weighted by Crippen LogP contribution is 2.49. The molecule has 2 heterocycles. The van der Waals surface area contributed by atoms with Crippen molar-refractivity contribution < 1.29 is 4.79 Å². The molecule has 1 spiro atoms. The van der Waals surface area contributed by atoms with Gasteiger partial charge in [-0.2, -0.15) is 0 Å². The third-order valence-corrected chi connectivity index (χ3v) is 7.81. The minimum Gasteiger partial charge on any atom is -0.338 e.